The number of thioether (sulfide) groups is 1. The summed E-state index contributed by atoms with van der Waals surface area (Å²) in [5, 5.41) is 10.4. The van der Waals surface area contributed by atoms with E-state index in [0.717, 1.165) is 0 Å². The largest absolute Gasteiger partial charge is 0.390 e. The van der Waals surface area contributed by atoms with E-state index in [9.17, 15) is 14.7 Å². The second-order valence-corrected chi connectivity index (χ2v) is 6.14. The summed E-state index contributed by atoms with van der Waals surface area (Å²) in [7, 11) is 0. The van der Waals surface area contributed by atoms with Crippen LogP contribution in [-0.2, 0) is 0 Å². The third-order valence-corrected chi connectivity index (χ3v) is 4.30. The first-order valence-corrected chi connectivity index (χ1v) is 7.73. The van der Waals surface area contributed by atoms with Crippen molar-refractivity contribution in [1.29, 1.82) is 0 Å². The molecule has 6 nitrogen and oxygen atoms in total. The van der Waals surface area contributed by atoms with Crippen molar-refractivity contribution in [3.05, 3.63) is 21.7 Å². The fraction of sp³-hybridized carbons (Fsp3) is 0.615. The molecule has 2 heterocycles. The first kappa shape index (κ1) is 15.1. The van der Waals surface area contributed by atoms with Crippen LogP contribution in [0, 0.1) is 6.92 Å². The maximum atomic E-state index is 12.6. The molecule has 0 aliphatic carbocycles. The summed E-state index contributed by atoms with van der Waals surface area (Å²) in [6.07, 6.45) is 2.91. The van der Waals surface area contributed by atoms with Gasteiger partial charge < -0.3 is 15.0 Å². The average molecular weight is 297 g/mol. The lowest BCUT2D eigenvalue weighted by Crippen LogP contribution is -2.45. The Labute approximate surface area is 121 Å². The quantitative estimate of drug-likeness (QED) is 0.622. The molecule has 0 bridgehead atoms. The minimum absolute atomic E-state index is 0.133. The fourth-order valence-corrected chi connectivity index (χ4v) is 2.93. The van der Waals surface area contributed by atoms with Gasteiger partial charge in [0.2, 0.25) is 0 Å². The summed E-state index contributed by atoms with van der Waals surface area (Å²) in [5.74, 6) is -0.133. The molecular formula is C13H19N3O3S. The van der Waals surface area contributed by atoms with Crippen LogP contribution in [0.15, 0.2) is 9.82 Å². The van der Waals surface area contributed by atoms with E-state index in [0.29, 0.717) is 42.2 Å². The molecule has 20 heavy (non-hydrogen) atoms. The molecule has 1 aromatic heterocycles. The summed E-state index contributed by atoms with van der Waals surface area (Å²) in [5.41, 5.74) is -0.141. The van der Waals surface area contributed by atoms with Crippen LogP contribution in [0.1, 0.15) is 35.8 Å². The van der Waals surface area contributed by atoms with Gasteiger partial charge in [-0.05, 0) is 32.9 Å². The first-order chi connectivity index (χ1) is 9.34. The SMILES string of the molecule is CSc1nc(=O)[nH]c(C)c1C(=O)N1CCC(C)(O)CC1. The Morgan fingerprint density at radius 3 is 2.60 bits per heavy atom. The number of rotatable bonds is 2. The van der Waals surface area contributed by atoms with Crippen LogP contribution < -0.4 is 5.69 Å². The van der Waals surface area contributed by atoms with Crippen molar-refractivity contribution < 1.29 is 9.90 Å². The Kier molecular flexibility index (Phi) is 4.19. The van der Waals surface area contributed by atoms with Crippen molar-refractivity contribution in [2.75, 3.05) is 19.3 Å². The molecule has 1 aliphatic heterocycles. The zero-order chi connectivity index (χ0) is 14.9. The second-order valence-electron chi connectivity index (χ2n) is 5.34. The normalized spacial score (nSPS) is 18.1. The van der Waals surface area contributed by atoms with Crippen LogP contribution in [0.3, 0.4) is 0 Å². The molecule has 0 unspecified atom stereocenters. The van der Waals surface area contributed by atoms with Gasteiger partial charge in [-0.1, -0.05) is 0 Å². The molecule has 110 valence electrons. The van der Waals surface area contributed by atoms with Crippen LogP contribution in [0.5, 0.6) is 0 Å². The summed E-state index contributed by atoms with van der Waals surface area (Å²) >= 11 is 1.29. The molecule has 1 amide bonds. The molecule has 1 aromatic rings. The zero-order valence-corrected chi connectivity index (χ0v) is 12.7. The van der Waals surface area contributed by atoms with Crippen LogP contribution in [0.4, 0.5) is 0 Å². The number of aryl methyl sites for hydroxylation is 1. The van der Waals surface area contributed by atoms with Crippen molar-refractivity contribution >= 4 is 17.7 Å². The van der Waals surface area contributed by atoms with Gasteiger partial charge in [-0.2, -0.15) is 4.98 Å². The van der Waals surface area contributed by atoms with Crippen LogP contribution in [0.25, 0.3) is 0 Å². The second kappa shape index (κ2) is 5.57. The number of piperidine rings is 1. The van der Waals surface area contributed by atoms with E-state index in [2.05, 4.69) is 9.97 Å². The topological polar surface area (TPSA) is 86.3 Å². The minimum Gasteiger partial charge on any atom is -0.390 e. The predicted molar refractivity (Wildman–Crippen MR) is 77.1 cm³/mol. The molecule has 0 spiro atoms. The van der Waals surface area contributed by atoms with Crippen molar-refractivity contribution in [3.63, 3.8) is 0 Å². The van der Waals surface area contributed by atoms with Gasteiger partial charge in [0.25, 0.3) is 5.91 Å². The molecule has 1 aliphatic rings. The van der Waals surface area contributed by atoms with Gasteiger partial charge in [-0.25, -0.2) is 4.79 Å². The molecule has 1 fully saturated rings. The molecule has 2 N–H and O–H groups in total. The third kappa shape index (κ3) is 3.04. The number of carbonyl (C=O) groups excluding carboxylic acids is 1. The predicted octanol–water partition coefficient (Wildman–Crippen LogP) is 0.787. The standard InChI is InChI=1S/C13H19N3O3S/c1-8-9(10(20-3)15-12(18)14-8)11(17)16-6-4-13(2,19)5-7-16/h19H,4-7H2,1-3H3,(H,14,15,18). The van der Waals surface area contributed by atoms with E-state index < -0.39 is 11.3 Å². The Hall–Kier alpha value is -1.34. The van der Waals surface area contributed by atoms with Gasteiger partial charge >= 0.3 is 5.69 Å². The van der Waals surface area contributed by atoms with Crippen molar-refractivity contribution in [2.24, 2.45) is 0 Å². The van der Waals surface area contributed by atoms with E-state index in [-0.39, 0.29) is 5.91 Å². The van der Waals surface area contributed by atoms with Gasteiger partial charge in [0.15, 0.2) is 0 Å². The average Bonchev–Trinajstić information content (AvgIpc) is 2.37. The number of aromatic nitrogens is 2. The molecule has 0 aromatic carbocycles. The van der Waals surface area contributed by atoms with Crippen molar-refractivity contribution in [2.45, 2.75) is 37.3 Å². The highest BCUT2D eigenvalue weighted by atomic mass is 32.2. The number of aromatic amines is 1. The van der Waals surface area contributed by atoms with E-state index >= 15 is 0 Å². The Bertz CT molecular complexity index is 573. The highest BCUT2D eigenvalue weighted by molar-refractivity contribution is 7.98. The summed E-state index contributed by atoms with van der Waals surface area (Å²) in [4.78, 5) is 32.1. The van der Waals surface area contributed by atoms with Crippen molar-refractivity contribution in [1.82, 2.24) is 14.9 Å². The zero-order valence-electron chi connectivity index (χ0n) is 11.9. The van der Waals surface area contributed by atoms with Crippen molar-refractivity contribution in [3.8, 4) is 0 Å². The van der Waals surface area contributed by atoms with E-state index in [1.165, 1.54) is 11.8 Å². The lowest BCUT2D eigenvalue weighted by atomic mass is 9.93. The monoisotopic (exact) mass is 297 g/mol. The van der Waals surface area contributed by atoms with Crippen LogP contribution in [-0.4, -0.2) is 50.8 Å². The number of aliphatic hydroxyl groups is 1. The number of likely N-dealkylation sites (tertiary alicyclic amines) is 1. The summed E-state index contributed by atoms with van der Waals surface area (Å²) in [6.45, 7) is 4.52. The molecule has 7 heteroatoms. The number of H-pyrrole nitrogens is 1. The third-order valence-electron chi connectivity index (χ3n) is 3.62. The van der Waals surface area contributed by atoms with Gasteiger partial charge in [0.1, 0.15) is 5.03 Å². The van der Waals surface area contributed by atoms with E-state index in [4.69, 9.17) is 0 Å². The van der Waals surface area contributed by atoms with Gasteiger partial charge in [-0.15, -0.1) is 11.8 Å². The Morgan fingerprint density at radius 1 is 1.45 bits per heavy atom. The lowest BCUT2D eigenvalue weighted by molar-refractivity contribution is -0.00217. The molecule has 1 saturated heterocycles. The number of nitrogens with one attached hydrogen (secondary N) is 1. The van der Waals surface area contributed by atoms with E-state index in [1.807, 2.05) is 0 Å². The minimum atomic E-state index is -0.697. The molecule has 2 rings (SSSR count). The lowest BCUT2D eigenvalue weighted by Gasteiger charge is -2.36. The van der Waals surface area contributed by atoms with Gasteiger partial charge in [0, 0.05) is 18.8 Å². The summed E-state index contributed by atoms with van der Waals surface area (Å²) < 4.78 is 0. The number of hydrogen-bond acceptors (Lipinski definition) is 5. The highest BCUT2D eigenvalue weighted by Crippen LogP contribution is 2.25. The molecule has 0 radical (unpaired) electrons. The van der Waals surface area contributed by atoms with Gasteiger partial charge in [-0.3, -0.25) is 4.79 Å². The first-order valence-electron chi connectivity index (χ1n) is 6.50. The van der Waals surface area contributed by atoms with Crippen LogP contribution in [0.2, 0.25) is 0 Å². The molecule has 0 saturated carbocycles. The fourth-order valence-electron chi connectivity index (χ4n) is 2.31. The molecule has 0 atom stereocenters. The van der Waals surface area contributed by atoms with E-state index in [1.54, 1.807) is 25.0 Å². The Balaban J connectivity index is 2.28. The number of nitrogens with zero attached hydrogens (tertiary/aromatic N) is 2. The highest BCUT2D eigenvalue weighted by Gasteiger charge is 2.31. The molecular weight excluding hydrogens is 278 g/mol. The number of hydrogen-bond donors (Lipinski definition) is 2. The number of carbonyl (C=O) groups is 1. The smallest absolute Gasteiger partial charge is 0.346 e. The van der Waals surface area contributed by atoms with Gasteiger partial charge in [0.05, 0.1) is 11.2 Å². The van der Waals surface area contributed by atoms with Crippen LogP contribution >= 0.6 is 11.8 Å². The maximum Gasteiger partial charge on any atom is 0.346 e. The Morgan fingerprint density at radius 2 is 2.05 bits per heavy atom. The maximum absolute atomic E-state index is 12.6. The number of amides is 1. The summed E-state index contributed by atoms with van der Waals surface area (Å²) in [6, 6.07) is 0.